The van der Waals surface area contributed by atoms with E-state index in [4.69, 9.17) is 0 Å². The summed E-state index contributed by atoms with van der Waals surface area (Å²) in [7, 11) is 0. The standard InChI is InChI=1S/C43H29NS/c1-4-15-30(16-5-1)43(39-25-14-23-37-36-22-11-13-26-41(36)45-42(37)39)38-24-12-10-21-34(38)35-28-27-33(29-40(35)43)44(31-17-6-2-7-18-31)32-19-8-3-9-20-32/h1-29H. The maximum absolute atomic E-state index is 2.45. The van der Waals surface area contributed by atoms with Gasteiger partial charge < -0.3 is 4.90 Å². The number of fused-ring (bicyclic) bond motifs is 6. The Morgan fingerprint density at radius 3 is 1.73 bits per heavy atom. The van der Waals surface area contributed by atoms with Crippen molar-refractivity contribution >= 4 is 48.6 Å². The number of hydrogen-bond acceptors (Lipinski definition) is 2. The molecule has 1 aliphatic carbocycles. The van der Waals surface area contributed by atoms with Gasteiger partial charge in [0.05, 0.1) is 5.41 Å². The van der Waals surface area contributed by atoms with Gasteiger partial charge in [-0.2, -0.15) is 0 Å². The first-order valence-corrected chi connectivity index (χ1v) is 16.3. The van der Waals surface area contributed by atoms with Crippen LogP contribution in [0.3, 0.4) is 0 Å². The molecule has 0 radical (unpaired) electrons. The van der Waals surface area contributed by atoms with Crippen LogP contribution in [0, 0.1) is 0 Å². The Morgan fingerprint density at radius 2 is 0.978 bits per heavy atom. The summed E-state index contributed by atoms with van der Waals surface area (Å²) in [5, 5.41) is 2.64. The fourth-order valence-electron chi connectivity index (χ4n) is 7.50. The molecule has 0 spiro atoms. The highest BCUT2D eigenvalue weighted by molar-refractivity contribution is 7.26. The molecule has 0 saturated heterocycles. The molecule has 1 heterocycles. The maximum Gasteiger partial charge on any atom is 0.0728 e. The minimum Gasteiger partial charge on any atom is -0.310 e. The molecule has 1 unspecified atom stereocenters. The van der Waals surface area contributed by atoms with E-state index < -0.39 is 5.41 Å². The zero-order valence-electron chi connectivity index (χ0n) is 24.6. The van der Waals surface area contributed by atoms with Gasteiger partial charge in [0.15, 0.2) is 0 Å². The van der Waals surface area contributed by atoms with Crippen molar-refractivity contribution in [3.8, 4) is 11.1 Å². The van der Waals surface area contributed by atoms with Gasteiger partial charge in [0.25, 0.3) is 0 Å². The fourth-order valence-corrected chi connectivity index (χ4v) is 8.77. The van der Waals surface area contributed by atoms with E-state index in [1.165, 1.54) is 53.6 Å². The van der Waals surface area contributed by atoms with Gasteiger partial charge >= 0.3 is 0 Å². The second-order valence-corrected chi connectivity index (χ2v) is 12.7. The third-order valence-electron chi connectivity index (χ3n) is 9.33. The first kappa shape index (κ1) is 26.0. The summed E-state index contributed by atoms with van der Waals surface area (Å²) in [6.07, 6.45) is 0. The topological polar surface area (TPSA) is 3.24 Å². The average molecular weight is 592 g/mol. The molecule has 7 aromatic carbocycles. The number of anilines is 3. The molecule has 212 valence electrons. The van der Waals surface area contributed by atoms with Crippen molar-refractivity contribution in [1.29, 1.82) is 0 Å². The highest BCUT2D eigenvalue weighted by Crippen LogP contribution is 2.59. The number of para-hydroxylation sites is 2. The predicted octanol–water partition coefficient (Wildman–Crippen LogP) is 11.9. The molecule has 0 saturated carbocycles. The van der Waals surface area contributed by atoms with Crippen LogP contribution in [0.25, 0.3) is 31.3 Å². The van der Waals surface area contributed by atoms with Crippen LogP contribution >= 0.6 is 11.3 Å². The second kappa shape index (κ2) is 10.3. The molecule has 1 aliphatic rings. The normalized spacial score (nSPS) is 15.2. The summed E-state index contributed by atoms with van der Waals surface area (Å²) < 4.78 is 2.67. The van der Waals surface area contributed by atoms with Crippen molar-refractivity contribution in [2.24, 2.45) is 0 Å². The minimum absolute atomic E-state index is 0.497. The lowest BCUT2D eigenvalue weighted by atomic mass is 9.67. The zero-order chi connectivity index (χ0) is 29.8. The van der Waals surface area contributed by atoms with Gasteiger partial charge in [0.2, 0.25) is 0 Å². The van der Waals surface area contributed by atoms with E-state index in [-0.39, 0.29) is 0 Å². The third kappa shape index (κ3) is 3.86. The molecule has 0 bridgehead atoms. The van der Waals surface area contributed by atoms with E-state index in [1.54, 1.807) is 0 Å². The summed E-state index contributed by atoms with van der Waals surface area (Å²) in [4.78, 5) is 2.37. The smallest absolute Gasteiger partial charge is 0.0728 e. The molecule has 1 nitrogen and oxygen atoms in total. The molecule has 1 aromatic heterocycles. The van der Waals surface area contributed by atoms with Crippen LogP contribution in [0.5, 0.6) is 0 Å². The highest BCUT2D eigenvalue weighted by atomic mass is 32.1. The second-order valence-electron chi connectivity index (χ2n) is 11.7. The van der Waals surface area contributed by atoms with E-state index in [0.29, 0.717) is 0 Å². The van der Waals surface area contributed by atoms with E-state index in [2.05, 4.69) is 181 Å². The van der Waals surface area contributed by atoms with Gasteiger partial charge in [-0.25, -0.2) is 0 Å². The van der Waals surface area contributed by atoms with E-state index >= 15 is 0 Å². The maximum atomic E-state index is 2.45. The van der Waals surface area contributed by atoms with Gasteiger partial charge in [-0.15, -0.1) is 11.3 Å². The lowest BCUT2D eigenvalue weighted by Gasteiger charge is -2.35. The van der Waals surface area contributed by atoms with Crippen molar-refractivity contribution in [3.63, 3.8) is 0 Å². The van der Waals surface area contributed by atoms with Gasteiger partial charge in [0.1, 0.15) is 0 Å². The van der Waals surface area contributed by atoms with Crippen molar-refractivity contribution in [3.05, 3.63) is 198 Å². The van der Waals surface area contributed by atoms with Crippen LogP contribution in [0.1, 0.15) is 22.3 Å². The van der Waals surface area contributed by atoms with Crippen molar-refractivity contribution < 1.29 is 0 Å². The summed E-state index contributed by atoms with van der Waals surface area (Å²) in [6.45, 7) is 0. The molecule has 2 heteroatoms. The van der Waals surface area contributed by atoms with Crippen LogP contribution in [-0.2, 0) is 5.41 Å². The van der Waals surface area contributed by atoms with E-state index in [0.717, 1.165) is 17.1 Å². The molecule has 0 N–H and O–H groups in total. The van der Waals surface area contributed by atoms with Gasteiger partial charge in [0, 0.05) is 37.2 Å². The molecular formula is C43H29NS. The first-order chi connectivity index (χ1) is 22.3. The lowest BCUT2D eigenvalue weighted by Crippen LogP contribution is -2.29. The Balaban J connectivity index is 1.40. The fraction of sp³-hybridized carbons (Fsp3) is 0.0233. The molecule has 0 aliphatic heterocycles. The van der Waals surface area contributed by atoms with E-state index in [1.807, 2.05) is 11.3 Å². The number of thiophene rings is 1. The average Bonchev–Trinajstić information content (AvgIpc) is 3.64. The summed E-state index contributed by atoms with van der Waals surface area (Å²) >= 11 is 1.91. The Kier molecular flexibility index (Phi) is 5.97. The molecule has 1 atom stereocenters. The van der Waals surface area contributed by atoms with Gasteiger partial charge in [-0.3, -0.25) is 0 Å². The number of rotatable bonds is 5. The lowest BCUT2D eigenvalue weighted by molar-refractivity contribution is 0.777. The minimum atomic E-state index is -0.497. The van der Waals surface area contributed by atoms with Gasteiger partial charge in [-0.05, 0) is 75.8 Å². The SMILES string of the molecule is c1ccc(N(c2ccccc2)c2ccc3c(c2)C(c2ccccc2)(c2cccc4c2sc2ccccc24)c2ccccc2-3)cc1. The number of hydrogen-bond donors (Lipinski definition) is 0. The summed E-state index contributed by atoms with van der Waals surface area (Å²) in [5.41, 5.74) is 10.8. The Bertz CT molecular complexity index is 2280. The number of benzene rings is 7. The molecular weight excluding hydrogens is 563 g/mol. The Labute approximate surface area is 267 Å². The highest BCUT2D eigenvalue weighted by Gasteiger charge is 2.47. The summed E-state index contributed by atoms with van der Waals surface area (Å²) in [6, 6.07) is 64.4. The van der Waals surface area contributed by atoms with Crippen LogP contribution < -0.4 is 4.90 Å². The van der Waals surface area contributed by atoms with Gasteiger partial charge in [-0.1, -0.05) is 133 Å². The quantitative estimate of drug-likeness (QED) is 0.192. The third-order valence-corrected chi connectivity index (χ3v) is 10.6. The zero-order valence-corrected chi connectivity index (χ0v) is 25.4. The van der Waals surface area contributed by atoms with Crippen molar-refractivity contribution in [2.75, 3.05) is 4.90 Å². The number of nitrogens with zero attached hydrogens (tertiary/aromatic N) is 1. The largest absolute Gasteiger partial charge is 0.310 e. The predicted molar refractivity (Wildman–Crippen MR) is 191 cm³/mol. The van der Waals surface area contributed by atoms with E-state index in [9.17, 15) is 0 Å². The van der Waals surface area contributed by atoms with Crippen molar-refractivity contribution in [2.45, 2.75) is 5.41 Å². The molecule has 0 fully saturated rings. The summed E-state index contributed by atoms with van der Waals surface area (Å²) in [5.74, 6) is 0. The van der Waals surface area contributed by atoms with Crippen molar-refractivity contribution in [1.82, 2.24) is 0 Å². The Morgan fingerprint density at radius 1 is 0.400 bits per heavy atom. The molecule has 8 aromatic rings. The van der Waals surface area contributed by atoms with Crippen LogP contribution in [-0.4, -0.2) is 0 Å². The first-order valence-electron chi connectivity index (χ1n) is 15.4. The molecule has 0 amide bonds. The van der Waals surface area contributed by atoms with Crippen LogP contribution in [0.15, 0.2) is 176 Å². The van der Waals surface area contributed by atoms with Crippen LogP contribution in [0.4, 0.5) is 17.1 Å². The van der Waals surface area contributed by atoms with Crippen LogP contribution in [0.2, 0.25) is 0 Å². The monoisotopic (exact) mass is 591 g/mol. The molecule has 9 rings (SSSR count). The Hall–Kier alpha value is -5.44. The molecule has 45 heavy (non-hydrogen) atoms.